The Kier molecular flexibility index (Phi) is 3.10. The lowest BCUT2D eigenvalue weighted by Gasteiger charge is -2.42. The summed E-state index contributed by atoms with van der Waals surface area (Å²) in [5.41, 5.74) is 0.835. The topological polar surface area (TPSA) is 50.5 Å². The fourth-order valence-corrected chi connectivity index (χ4v) is 3.89. The van der Waals surface area contributed by atoms with Crippen molar-refractivity contribution in [1.29, 1.82) is 0 Å². The summed E-state index contributed by atoms with van der Waals surface area (Å²) in [4.78, 5) is 22.8. The number of fused-ring (bicyclic) bond motifs is 2. The molecular weight excluding hydrogens is 288 g/mol. The van der Waals surface area contributed by atoms with Crippen LogP contribution in [-0.2, 0) is 4.79 Å². The normalized spacial score (nSPS) is 26.1. The van der Waals surface area contributed by atoms with Crippen LogP contribution in [0.1, 0.15) is 43.8 Å². The fourth-order valence-electron chi connectivity index (χ4n) is 3.69. The van der Waals surface area contributed by atoms with Gasteiger partial charge >= 0.3 is 0 Å². The molecule has 110 valence electrons. The molecule has 5 nitrogen and oxygen atoms in total. The number of amides is 1. The molecule has 2 saturated heterocycles. The third kappa shape index (κ3) is 2.11. The van der Waals surface area contributed by atoms with Crippen molar-refractivity contribution in [1.82, 2.24) is 19.3 Å². The van der Waals surface area contributed by atoms with Gasteiger partial charge in [0.15, 0.2) is 5.15 Å². The van der Waals surface area contributed by atoms with E-state index in [0.29, 0.717) is 23.5 Å². The molecule has 1 amide bonds. The van der Waals surface area contributed by atoms with Gasteiger partial charge in [-0.15, -0.1) is 0 Å². The van der Waals surface area contributed by atoms with Crippen molar-refractivity contribution in [3.05, 3.63) is 29.6 Å². The Morgan fingerprint density at radius 2 is 2.14 bits per heavy atom. The van der Waals surface area contributed by atoms with Gasteiger partial charge in [-0.25, -0.2) is 9.97 Å². The molecule has 0 spiro atoms. The van der Waals surface area contributed by atoms with Gasteiger partial charge < -0.3 is 4.90 Å². The van der Waals surface area contributed by atoms with Gasteiger partial charge in [-0.1, -0.05) is 11.6 Å². The molecule has 2 aromatic heterocycles. The Morgan fingerprint density at radius 1 is 1.24 bits per heavy atom. The first-order chi connectivity index (χ1) is 10.2. The average Bonchev–Trinajstić information content (AvgIpc) is 2.93. The van der Waals surface area contributed by atoms with Crippen molar-refractivity contribution < 1.29 is 4.79 Å². The van der Waals surface area contributed by atoms with E-state index in [4.69, 9.17) is 11.6 Å². The van der Waals surface area contributed by atoms with Crippen LogP contribution in [0, 0.1) is 0 Å². The zero-order chi connectivity index (χ0) is 14.4. The highest BCUT2D eigenvalue weighted by Crippen LogP contribution is 2.34. The molecular formula is C15H17ClN4O. The number of piperidine rings is 2. The minimum Gasteiger partial charge on any atom is -0.339 e. The number of nitrogens with zero attached hydrogens (tertiary/aromatic N) is 4. The molecule has 0 unspecified atom stereocenters. The Labute approximate surface area is 127 Å². The summed E-state index contributed by atoms with van der Waals surface area (Å²) in [5, 5.41) is 0.471. The van der Waals surface area contributed by atoms with E-state index in [1.807, 2.05) is 10.6 Å². The molecule has 21 heavy (non-hydrogen) atoms. The molecule has 2 atom stereocenters. The molecule has 4 rings (SSSR count). The summed E-state index contributed by atoms with van der Waals surface area (Å²) >= 11 is 6.11. The van der Waals surface area contributed by atoms with Crippen LogP contribution in [0.4, 0.5) is 0 Å². The maximum atomic E-state index is 12.1. The Morgan fingerprint density at radius 3 is 3.05 bits per heavy atom. The Balaban J connectivity index is 1.67. The molecule has 2 fully saturated rings. The number of carbonyl (C=O) groups is 1. The molecule has 0 bridgehead atoms. The van der Waals surface area contributed by atoms with Crippen LogP contribution in [0.15, 0.2) is 18.6 Å². The largest absolute Gasteiger partial charge is 0.339 e. The van der Waals surface area contributed by atoms with E-state index >= 15 is 0 Å². The van der Waals surface area contributed by atoms with Crippen LogP contribution in [0.25, 0.3) is 5.52 Å². The molecule has 4 heterocycles. The Hall–Kier alpha value is -1.62. The first-order valence-electron chi connectivity index (χ1n) is 7.51. The quantitative estimate of drug-likeness (QED) is 0.814. The van der Waals surface area contributed by atoms with E-state index < -0.39 is 0 Å². The summed E-state index contributed by atoms with van der Waals surface area (Å²) in [7, 11) is 0. The van der Waals surface area contributed by atoms with E-state index in [2.05, 4.69) is 14.9 Å². The third-order valence-corrected chi connectivity index (χ3v) is 5.05. The molecule has 2 aliphatic heterocycles. The van der Waals surface area contributed by atoms with Crippen LogP contribution in [0.3, 0.4) is 0 Å². The predicted octanol–water partition coefficient (Wildman–Crippen LogP) is 2.64. The average molecular weight is 305 g/mol. The van der Waals surface area contributed by atoms with Gasteiger partial charge in [-0.3, -0.25) is 9.20 Å². The third-order valence-electron chi connectivity index (χ3n) is 4.76. The molecule has 0 N–H and O–H groups in total. The lowest BCUT2D eigenvalue weighted by atomic mass is 9.87. The standard InChI is InChI=1S/C15H17ClN4O/c16-14-12-8-18-15(19(12)7-6-17-14)10-4-5-11-2-1-3-13(21)20(11)9-10/h6-8,10-11H,1-5,9H2/t10-,11+/m0/s1. The van der Waals surface area contributed by atoms with Gasteiger partial charge in [-0.2, -0.15) is 0 Å². The van der Waals surface area contributed by atoms with Gasteiger partial charge in [0, 0.05) is 37.3 Å². The van der Waals surface area contributed by atoms with Crippen LogP contribution in [0.5, 0.6) is 0 Å². The number of hydrogen-bond donors (Lipinski definition) is 0. The number of rotatable bonds is 1. The van der Waals surface area contributed by atoms with E-state index in [9.17, 15) is 4.79 Å². The zero-order valence-electron chi connectivity index (χ0n) is 11.7. The number of halogens is 1. The van der Waals surface area contributed by atoms with E-state index in [-0.39, 0.29) is 5.92 Å². The van der Waals surface area contributed by atoms with Gasteiger partial charge in [-0.05, 0) is 25.7 Å². The van der Waals surface area contributed by atoms with Crippen LogP contribution in [-0.4, -0.2) is 37.8 Å². The van der Waals surface area contributed by atoms with Crippen molar-refractivity contribution in [2.75, 3.05) is 6.54 Å². The predicted molar refractivity (Wildman–Crippen MR) is 79.3 cm³/mol. The molecule has 2 aromatic rings. The number of aromatic nitrogens is 3. The summed E-state index contributed by atoms with van der Waals surface area (Å²) in [6.07, 6.45) is 10.4. The second-order valence-corrected chi connectivity index (χ2v) is 6.31. The molecule has 0 aliphatic carbocycles. The first-order valence-corrected chi connectivity index (χ1v) is 7.89. The van der Waals surface area contributed by atoms with Gasteiger partial charge in [0.05, 0.1) is 6.20 Å². The van der Waals surface area contributed by atoms with Crippen molar-refractivity contribution >= 4 is 23.0 Å². The van der Waals surface area contributed by atoms with Crippen molar-refractivity contribution in [2.24, 2.45) is 0 Å². The summed E-state index contributed by atoms with van der Waals surface area (Å²) in [6.45, 7) is 0.780. The molecule has 0 saturated carbocycles. The minimum atomic E-state index is 0.282. The summed E-state index contributed by atoms with van der Waals surface area (Å²) in [5.74, 6) is 1.58. The van der Waals surface area contributed by atoms with Crippen molar-refractivity contribution in [3.63, 3.8) is 0 Å². The molecule has 2 aliphatic rings. The van der Waals surface area contributed by atoms with E-state index in [0.717, 1.165) is 43.6 Å². The van der Waals surface area contributed by atoms with Crippen molar-refractivity contribution in [3.8, 4) is 0 Å². The SMILES string of the molecule is O=C1CCC[C@@H]2CC[C@H](c3ncc4c(Cl)nccn34)CN12. The van der Waals surface area contributed by atoms with E-state index in [1.165, 1.54) is 0 Å². The lowest BCUT2D eigenvalue weighted by molar-refractivity contribution is -0.138. The van der Waals surface area contributed by atoms with E-state index in [1.54, 1.807) is 12.4 Å². The summed E-state index contributed by atoms with van der Waals surface area (Å²) in [6, 6.07) is 0.444. The van der Waals surface area contributed by atoms with Gasteiger partial charge in [0.2, 0.25) is 5.91 Å². The van der Waals surface area contributed by atoms with Crippen molar-refractivity contribution in [2.45, 2.75) is 44.1 Å². The van der Waals surface area contributed by atoms with Crippen LogP contribution in [0.2, 0.25) is 5.15 Å². The molecule has 0 aromatic carbocycles. The maximum Gasteiger partial charge on any atom is 0.222 e. The number of hydrogen-bond acceptors (Lipinski definition) is 3. The van der Waals surface area contributed by atoms with Gasteiger partial charge in [0.1, 0.15) is 11.3 Å². The first kappa shape index (κ1) is 13.1. The zero-order valence-corrected chi connectivity index (χ0v) is 12.5. The van der Waals surface area contributed by atoms with Crippen LogP contribution >= 0.6 is 11.6 Å². The molecule has 0 radical (unpaired) electrons. The lowest BCUT2D eigenvalue weighted by Crippen LogP contribution is -2.48. The summed E-state index contributed by atoms with van der Waals surface area (Å²) < 4.78 is 2.01. The Bertz CT molecular complexity index is 698. The number of carbonyl (C=O) groups excluding carboxylic acids is 1. The minimum absolute atomic E-state index is 0.282. The highest BCUT2D eigenvalue weighted by molar-refractivity contribution is 6.32. The fraction of sp³-hybridized carbons (Fsp3) is 0.533. The highest BCUT2D eigenvalue weighted by atomic mass is 35.5. The van der Waals surface area contributed by atoms with Gasteiger partial charge in [0.25, 0.3) is 0 Å². The monoisotopic (exact) mass is 304 g/mol. The highest BCUT2D eigenvalue weighted by Gasteiger charge is 2.35. The van der Waals surface area contributed by atoms with Crippen LogP contribution < -0.4 is 0 Å². The second kappa shape index (κ2) is 4.98. The smallest absolute Gasteiger partial charge is 0.222 e. The second-order valence-electron chi connectivity index (χ2n) is 5.96. The molecule has 6 heteroatoms. The maximum absolute atomic E-state index is 12.1. The number of imidazole rings is 1.